The minimum Gasteiger partial charge on any atom is -0.460 e. The molecule has 0 aliphatic heterocycles. The number of ether oxygens (including phenoxy) is 2. The Labute approximate surface area is 276 Å². The van der Waals surface area contributed by atoms with Gasteiger partial charge in [-0.1, -0.05) is 62.3 Å². The number of allylic oxidation sites excluding steroid dienone is 1. The zero-order valence-electron chi connectivity index (χ0n) is 29.4. The van der Waals surface area contributed by atoms with E-state index in [4.69, 9.17) is 18.5 Å². The number of carbonyl (C=O) groups is 3. The van der Waals surface area contributed by atoms with Crippen molar-refractivity contribution < 1.29 is 37.5 Å². The van der Waals surface area contributed by atoms with Crippen molar-refractivity contribution in [3.63, 3.8) is 0 Å². The molecule has 0 bridgehead atoms. The van der Waals surface area contributed by atoms with Crippen molar-refractivity contribution in [2.75, 3.05) is 6.61 Å². The molecule has 1 aliphatic carbocycles. The van der Waals surface area contributed by atoms with Gasteiger partial charge in [0.25, 0.3) is 0 Å². The second kappa shape index (κ2) is 15.9. The van der Waals surface area contributed by atoms with Crippen molar-refractivity contribution in [3.05, 3.63) is 60.7 Å². The highest BCUT2D eigenvalue weighted by Gasteiger charge is 2.45. The van der Waals surface area contributed by atoms with Crippen molar-refractivity contribution in [2.24, 2.45) is 5.92 Å². The number of amides is 1. The first-order chi connectivity index (χ1) is 21.1. The summed E-state index contributed by atoms with van der Waals surface area (Å²) >= 11 is 0. The summed E-state index contributed by atoms with van der Waals surface area (Å²) in [5.41, 5.74) is -1.88. The van der Waals surface area contributed by atoms with Gasteiger partial charge in [0, 0.05) is 5.92 Å². The molecule has 1 saturated carbocycles. The number of rotatable bonds is 14. The van der Waals surface area contributed by atoms with Crippen LogP contribution in [0.1, 0.15) is 118 Å². The Balaban J connectivity index is 2.46. The van der Waals surface area contributed by atoms with Gasteiger partial charge >= 0.3 is 19.5 Å². The topological polar surface area (TPSA) is 117 Å². The Hall–Kier alpha value is -2.74. The number of esters is 2. The second-order valence-electron chi connectivity index (χ2n) is 15.1. The molecular weight excluding hydrogens is 605 g/mol. The third-order valence-corrected chi connectivity index (χ3v) is 9.59. The smallest absolute Gasteiger partial charge is 0.336 e. The van der Waals surface area contributed by atoms with Crippen molar-refractivity contribution in [1.29, 1.82) is 0 Å². The fraction of sp³-hybridized carbons (Fsp3) is 0.639. The van der Waals surface area contributed by atoms with E-state index < -0.39 is 59.6 Å². The number of hydrogen-bond acceptors (Lipinski definition) is 8. The number of nitrogens with one attached hydrogen (secondary N) is 1. The Bertz CT molecular complexity index is 1240. The lowest BCUT2D eigenvalue weighted by Gasteiger charge is -2.37. The molecule has 1 fully saturated rings. The van der Waals surface area contributed by atoms with Crippen LogP contribution in [0.15, 0.2) is 49.6 Å². The minimum absolute atomic E-state index is 0.0357. The summed E-state index contributed by atoms with van der Waals surface area (Å²) in [5.74, 6) is -3.03. The van der Waals surface area contributed by atoms with Gasteiger partial charge in [0.05, 0.1) is 29.7 Å². The van der Waals surface area contributed by atoms with Gasteiger partial charge in [-0.3, -0.25) is 14.2 Å². The van der Waals surface area contributed by atoms with Crippen molar-refractivity contribution >= 4 is 25.4 Å². The molecule has 1 aromatic carbocycles. The van der Waals surface area contributed by atoms with Crippen molar-refractivity contribution in [2.45, 2.75) is 135 Å². The second-order valence-corrected chi connectivity index (χ2v) is 17.0. The first-order valence-corrected chi connectivity index (χ1v) is 17.9. The molecule has 0 aromatic heterocycles. The zero-order chi connectivity index (χ0) is 35.0. The van der Waals surface area contributed by atoms with Crippen LogP contribution in [0.5, 0.6) is 0 Å². The van der Waals surface area contributed by atoms with Crippen LogP contribution in [-0.2, 0) is 43.6 Å². The Morgan fingerprint density at radius 2 is 1.43 bits per heavy atom. The molecule has 10 heteroatoms. The monoisotopic (exact) mass is 661 g/mol. The fourth-order valence-electron chi connectivity index (χ4n) is 5.60. The van der Waals surface area contributed by atoms with Crippen LogP contribution in [0, 0.1) is 5.92 Å². The van der Waals surface area contributed by atoms with Gasteiger partial charge in [-0.25, -0.2) is 4.79 Å². The van der Waals surface area contributed by atoms with Crippen LogP contribution < -0.4 is 5.32 Å². The maximum absolute atomic E-state index is 14.1. The molecule has 2 rings (SSSR count). The summed E-state index contributed by atoms with van der Waals surface area (Å²) < 4.78 is 36.8. The maximum Gasteiger partial charge on any atom is 0.336 e. The largest absolute Gasteiger partial charge is 0.460 e. The molecule has 46 heavy (non-hydrogen) atoms. The predicted octanol–water partition coefficient (Wildman–Crippen LogP) is 8.18. The highest BCUT2D eigenvalue weighted by atomic mass is 31.2. The summed E-state index contributed by atoms with van der Waals surface area (Å²) in [5, 5.41) is 3.01. The summed E-state index contributed by atoms with van der Waals surface area (Å²) in [6, 6.07) is 7.27. The number of carbonyl (C=O) groups excluding carboxylic acids is 3. The van der Waals surface area contributed by atoms with Crippen molar-refractivity contribution in [1.82, 2.24) is 5.32 Å². The molecule has 0 unspecified atom stereocenters. The summed E-state index contributed by atoms with van der Waals surface area (Å²) in [4.78, 5) is 40.5. The molecule has 9 nitrogen and oxygen atoms in total. The van der Waals surface area contributed by atoms with Gasteiger partial charge in [-0.05, 0) is 86.3 Å². The normalized spacial score (nSPS) is 16.9. The first kappa shape index (κ1) is 39.4. The molecule has 0 radical (unpaired) electrons. The molecule has 0 spiro atoms. The quantitative estimate of drug-likeness (QED) is 0.121. The standard InChI is InChI=1S/C36H56NO8P/c1-12-23-42-32(40)36(21-15-14-16-22-36)37-31(39)29(24-30(38)43-33(3,4)5)28(13-2)27-19-17-26(18-20-27)25-46(41,44-34(6,7)8)45-35(9,10)11/h12-13,17-20,28-29H,1-2,14-16,21-25H2,3-11H3,(H,37,39)/t28-,29+/m1/s1. The Kier molecular flexibility index (Phi) is 13.6. The molecule has 1 N–H and O–H groups in total. The molecule has 0 saturated heterocycles. The summed E-state index contributed by atoms with van der Waals surface area (Å²) in [7, 11) is -3.55. The van der Waals surface area contributed by atoms with Crippen LogP contribution >= 0.6 is 7.60 Å². The lowest BCUT2D eigenvalue weighted by Crippen LogP contribution is -2.58. The van der Waals surface area contributed by atoms with Gasteiger partial charge < -0.3 is 23.8 Å². The Morgan fingerprint density at radius 3 is 1.89 bits per heavy atom. The van der Waals surface area contributed by atoms with E-state index in [1.54, 1.807) is 26.8 Å². The third-order valence-electron chi connectivity index (χ3n) is 7.19. The SMILES string of the molecule is C=CCOC(=O)C1(NC(=O)[C@@H](CC(=O)OC(C)(C)C)[C@H](C=C)c2ccc(CP(=O)(OC(C)(C)C)OC(C)(C)C)cc2)CCCCC1. The molecule has 1 amide bonds. The average molecular weight is 662 g/mol. The van der Waals surface area contributed by atoms with E-state index in [1.165, 1.54) is 6.08 Å². The number of benzene rings is 1. The van der Waals surface area contributed by atoms with Gasteiger partial charge in [0.1, 0.15) is 17.7 Å². The highest BCUT2D eigenvalue weighted by Crippen LogP contribution is 2.57. The van der Waals surface area contributed by atoms with Gasteiger partial charge in [0.2, 0.25) is 5.91 Å². The van der Waals surface area contributed by atoms with E-state index in [0.29, 0.717) is 12.8 Å². The lowest BCUT2D eigenvalue weighted by atomic mass is 9.79. The van der Waals surface area contributed by atoms with E-state index in [9.17, 15) is 18.9 Å². The van der Waals surface area contributed by atoms with Gasteiger partial charge in [-0.15, -0.1) is 6.58 Å². The fourth-order valence-corrected chi connectivity index (χ4v) is 8.09. The molecule has 2 atom stereocenters. The van der Waals surface area contributed by atoms with Crippen molar-refractivity contribution in [3.8, 4) is 0 Å². The molecule has 1 aliphatic rings. The van der Waals surface area contributed by atoms with E-state index in [-0.39, 0.29) is 19.2 Å². The molecule has 1 aromatic rings. The molecular formula is C36H56NO8P. The summed E-state index contributed by atoms with van der Waals surface area (Å²) in [6.07, 6.45) is 6.28. The van der Waals surface area contributed by atoms with Gasteiger partial charge in [-0.2, -0.15) is 0 Å². The number of hydrogen-bond donors (Lipinski definition) is 1. The van der Waals surface area contributed by atoms with E-state index in [1.807, 2.05) is 65.8 Å². The average Bonchev–Trinajstić information content (AvgIpc) is 2.89. The Morgan fingerprint density at radius 1 is 0.891 bits per heavy atom. The van der Waals surface area contributed by atoms with Gasteiger partial charge in [0.15, 0.2) is 0 Å². The van der Waals surface area contributed by atoms with E-state index in [0.717, 1.165) is 30.4 Å². The highest BCUT2D eigenvalue weighted by molar-refractivity contribution is 7.53. The van der Waals surface area contributed by atoms with Crippen LogP contribution in [0.3, 0.4) is 0 Å². The maximum atomic E-state index is 14.1. The molecule has 0 heterocycles. The summed E-state index contributed by atoms with van der Waals surface area (Å²) in [6.45, 7) is 23.9. The molecule has 258 valence electrons. The van der Waals surface area contributed by atoms with Crippen LogP contribution in [0.25, 0.3) is 0 Å². The first-order valence-electron chi connectivity index (χ1n) is 16.1. The van der Waals surface area contributed by atoms with E-state index >= 15 is 0 Å². The lowest BCUT2D eigenvalue weighted by molar-refractivity contribution is -0.158. The van der Waals surface area contributed by atoms with Crippen LogP contribution in [0.4, 0.5) is 0 Å². The van der Waals surface area contributed by atoms with Crippen LogP contribution in [-0.4, -0.2) is 46.8 Å². The minimum atomic E-state index is -3.55. The third kappa shape index (κ3) is 12.8. The van der Waals surface area contributed by atoms with E-state index in [2.05, 4.69) is 18.5 Å². The zero-order valence-corrected chi connectivity index (χ0v) is 30.3. The predicted molar refractivity (Wildman–Crippen MR) is 181 cm³/mol. The van der Waals surface area contributed by atoms with Crippen LogP contribution in [0.2, 0.25) is 0 Å².